The zero-order chi connectivity index (χ0) is 26.6. The SMILES string of the molecule is CC(C(=O)NCCOc1ccc(S(=O)(=O)N2CCCC2)cc1)N(c1ccc2c(c1)OCCO2)S(C)(=O)=O. The summed E-state index contributed by atoms with van der Waals surface area (Å²) < 4.78 is 69.5. The lowest BCUT2D eigenvalue weighted by molar-refractivity contribution is -0.121. The lowest BCUT2D eigenvalue weighted by atomic mass is 10.2. The molecule has 0 radical (unpaired) electrons. The van der Waals surface area contributed by atoms with Gasteiger partial charge in [0, 0.05) is 19.2 Å². The number of amides is 1. The molecule has 1 amide bonds. The summed E-state index contributed by atoms with van der Waals surface area (Å²) in [5.74, 6) is 0.879. The highest BCUT2D eigenvalue weighted by Crippen LogP contribution is 2.35. The fraction of sp³-hybridized carbons (Fsp3) is 0.458. The van der Waals surface area contributed by atoms with Crippen molar-refractivity contribution in [1.82, 2.24) is 9.62 Å². The molecule has 0 aromatic heterocycles. The van der Waals surface area contributed by atoms with Gasteiger partial charge < -0.3 is 19.5 Å². The van der Waals surface area contributed by atoms with Gasteiger partial charge in [-0.25, -0.2) is 16.8 Å². The Bertz CT molecular complexity index is 1320. The molecular weight excluding hydrogens is 522 g/mol. The smallest absolute Gasteiger partial charge is 0.243 e. The van der Waals surface area contributed by atoms with E-state index in [-0.39, 0.29) is 23.7 Å². The molecule has 0 bridgehead atoms. The molecule has 202 valence electrons. The average Bonchev–Trinajstić information content (AvgIpc) is 3.42. The monoisotopic (exact) mass is 553 g/mol. The van der Waals surface area contributed by atoms with Crippen molar-refractivity contribution in [2.45, 2.75) is 30.7 Å². The Hall–Kier alpha value is -3.03. The second kappa shape index (κ2) is 11.2. The van der Waals surface area contributed by atoms with Crippen molar-refractivity contribution < 1.29 is 35.8 Å². The molecule has 1 saturated heterocycles. The van der Waals surface area contributed by atoms with Crippen molar-refractivity contribution in [3.05, 3.63) is 42.5 Å². The lowest BCUT2D eigenvalue weighted by Crippen LogP contribution is -2.48. The highest BCUT2D eigenvalue weighted by Gasteiger charge is 2.30. The second-order valence-electron chi connectivity index (χ2n) is 8.78. The fourth-order valence-corrected chi connectivity index (χ4v) is 6.94. The number of rotatable bonds is 10. The predicted molar refractivity (Wildman–Crippen MR) is 137 cm³/mol. The number of nitrogens with one attached hydrogen (secondary N) is 1. The van der Waals surface area contributed by atoms with Crippen LogP contribution in [-0.2, 0) is 24.8 Å². The zero-order valence-electron chi connectivity index (χ0n) is 20.8. The van der Waals surface area contributed by atoms with Crippen LogP contribution in [-0.4, -0.2) is 78.8 Å². The lowest BCUT2D eigenvalue weighted by Gasteiger charge is -2.29. The van der Waals surface area contributed by atoms with E-state index >= 15 is 0 Å². The molecule has 2 heterocycles. The van der Waals surface area contributed by atoms with E-state index in [1.165, 1.54) is 29.4 Å². The number of ether oxygens (including phenoxy) is 3. The molecule has 2 aromatic rings. The van der Waals surface area contributed by atoms with Crippen LogP contribution >= 0.6 is 0 Å². The number of hydrogen-bond acceptors (Lipinski definition) is 8. The molecule has 2 aromatic carbocycles. The summed E-state index contributed by atoms with van der Waals surface area (Å²) in [6.45, 7) is 3.55. The van der Waals surface area contributed by atoms with Crippen molar-refractivity contribution in [1.29, 1.82) is 0 Å². The Balaban J connectivity index is 1.32. The number of nitrogens with zero attached hydrogens (tertiary/aromatic N) is 2. The topological polar surface area (TPSA) is 132 Å². The Labute approximate surface area is 217 Å². The molecule has 1 atom stereocenters. The quantitative estimate of drug-likeness (QED) is 0.439. The van der Waals surface area contributed by atoms with Gasteiger partial charge in [0.1, 0.15) is 31.6 Å². The van der Waals surface area contributed by atoms with E-state index < -0.39 is 32.0 Å². The van der Waals surface area contributed by atoms with Crippen LogP contribution in [0.25, 0.3) is 0 Å². The van der Waals surface area contributed by atoms with Crippen LogP contribution in [0.1, 0.15) is 19.8 Å². The number of anilines is 1. The third-order valence-corrected chi connectivity index (χ3v) is 9.22. The first-order chi connectivity index (χ1) is 17.6. The fourth-order valence-electron chi connectivity index (χ4n) is 4.25. The van der Waals surface area contributed by atoms with E-state index in [1.807, 2.05) is 0 Å². The van der Waals surface area contributed by atoms with Crippen molar-refractivity contribution in [2.24, 2.45) is 0 Å². The van der Waals surface area contributed by atoms with E-state index in [2.05, 4.69) is 5.32 Å². The van der Waals surface area contributed by atoms with Gasteiger partial charge in [-0.2, -0.15) is 4.31 Å². The first kappa shape index (κ1) is 27.0. The van der Waals surface area contributed by atoms with E-state index in [1.54, 1.807) is 24.3 Å². The van der Waals surface area contributed by atoms with Gasteiger partial charge in [0.2, 0.25) is 26.0 Å². The number of carbonyl (C=O) groups is 1. The third kappa shape index (κ3) is 6.28. The van der Waals surface area contributed by atoms with Crippen LogP contribution in [0.2, 0.25) is 0 Å². The minimum Gasteiger partial charge on any atom is -0.492 e. The molecule has 1 fully saturated rings. The molecule has 37 heavy (non-hydrogen) atoms. The van der Waals surface area contributed by atoms with Gasteiger partial charge in [0.05, 0.1) is 23.4 Å². The molecule has 4 rings (SSSR count). The van der Waals surface area contributed by atoms with Crippen LogP contribution in [0.5, 0.6) is 17.2 Å². The first-order valence-electron chi connectivity index (χ1n) is 12.0. The van der Waals surface area contributed by atoms with E-state index in [4.69, 9.17) is 14.2 Å². The highest BCUT2D eigenvalue weighted by molar-refractivity contribution is 7.92. The standard InChI is InChI=1S/C24H31N3O8S2/c1-18(27(36(2,29)30)19-5-10-22-23(17-19)35-16-15-34-22)24(28)25-11-14-33-20-6-8-21(9-7-20)37(31,32)26-12-3-4-13-26/h5-10,17-18H,3-4,11-16H2,1-2H3,(H,25,28). The number of sulfonamides is 2. The molecule has 0 aliphatic carbocycles. The minimum absolute atomic E-state index is 0.111. The van der Waals surface area contributed by atoms with Crippen molar-refractivity contribution >= 4 is 31.6 Å². The highest BCUT2D eigenvalue weighted by atomic mass is 32.2. The summed E-state index contributed by atoms with van der Waals surface area (Å²) in [4.78, 5) is 13.0. The van der Waals surface area contributed by atoms with Gasteiger partial charge in [-0.3, -0.25) is 9.10 Å². The summed E-state index contributed by atoms with van der Waals surface area (Å²) in [5, 5.41) is 2.68. The summed E-state index contributed by atoms with van der Waals surface area (Å²) in [6, 6.07) is 9.82. The van der Waals surface area contributed by atoms with E-state index in [0.717, 1.165) is 23.4 Å². The maximum absolute atomic E-state index is 12.8. The Kier molecular flexibility index (Phi) is 8.14. The summed E-state index contributed by atoms with van der Waals surface area (Å²) >= 11 is 0. The Morgan fingerprint density at radius 1 is 1.03 bits per heavy atom. The first-order valence-corrected chi connectivity index (χ1v) is 15.3. The van der Waals surface area contributed by atoms with E-state index in [9.17, 15) is 21.6 Å². The van der Waals surface area contributed by atoms with Crippen molar-refractivity contribution in [3.8, 4) is 17.2 Å². The molecular formula is C24H31N3O8S2. The van der Waals surface area contributed by atoms with Crippen LogP contribution in [0, 0.1) is 0 Å². The average molecular weight is 554 g/mol. The number of benzene rings is 2. The van der Waals surface area contributed by atoms with Gasteiger partial charge in [0.25, 0.3) is 0 Å². The maximum atomic E-state index is 12.8. The number of fused-ring (bicyclic) bond motifs is 1. The van der Waals surface area contributed by atoms with Gasteiger partial charge in [-0.1, -0.05) is 0 Å². The molecule has 2 aliphatic rings. The van der Waals surface area contributed by atoms with Gasteiger partial charge in [-0.15, -0.1) is 0 Å². The van der Waals surface area contributed by atoms with Crippen LogP contribution in [0.15, 0.2) is 47.4 Å². The molecule has 0 spiro atoms. The zero-order valence-corrected chi connectivity index (χ0v) is 22.4. The van der Waals surface area contributed by atoms with Crippen LogP contribution < -0.4 is 23.8 Å². The summed E-state index contributed by atoms with van der Waals surface area (Å²) in [7, 11) is -7.29. The molecule has 1 unspecified atom stereocenters. The number of carbonyl (C=O) groups excluding carboxylic acids is 1. The van der Waals surface area contributed by atoms with E-state index in [0.29, 0.717) is 43.6 Å². The van der Waals surface area contributed by atoms with Crippen LogP contribution in [0.4, 0.5) is 5.69 Å². The predicted octanol–water partition coefficient (Wildman–Crippen LogP) is 1.59. The molecule has 0 saturated carbocycles. The van der Waals surface area contributed by atoms with Crippen molar-refractivity contribution in [2.75, 3.05) is 50.0 Å². The Morgan fingerprint density at radius 2 is 1.68 bits per heavy atom. The Morgan fingerprint density at radius 3 is 2.32 bits per heavy atom. The number of hydrogen-bond donors (Lipinski definition) is 1. The molecule has 2 aliphatic heterocycles. The summed E-state index contributed by atoms with van der Waals surface area (Å²) in [6.07, 6.45) is 2.76. The molecule has 11 nitrogen and oxygen atoms in total. The van der Waals surface area contributed by atoms with Gasteiger partial charge >= 0.3 is 0 Å². The second-order valence-corrected chi connectivity index (χ2v) is 12.6. The van der Waals surface area contributed by atoms with Crippen molar-refractivity contribution in [3.63, 3.8) is 0 Å². The summed E-state index contributed by atoms with van der Waals surface area (Å²) in [5.41, 5.74) is 0.287. The third-order valence-electron chi connectivity index (χ3n) is 6.07. The van der Waals surface area contributed by atoms with Gasteiger partial charge in [-0.05, 0) is 56.2 Å². The molecule has 1 N–H and O–H groups in total. The van der Waals surface area contributed by atoms with Gasteiger partial charge in [0.15, 0.2) is 11.5 Å². The minimum atomic E-state index is -3.79. The molecule has 13 heteroatoms. The van der Waals surface area contributed by atoms with Crippen LogP contribution in [0.3, 0.4) is 0 Å². The largest absolute Gasteiger partial charge is 0.492 e. The maximum Gasteiger partial charge on any atom is 0.243 e. The normalized spacial score (nSPS) is 16.7.